The Morgan fingerprint density at radius 3 is 2.67 bits per heavy atom. The van der Waals surface area contributed by atoms with Crippen LogP contribution in [0.25, 0.3) is 0 Å². The number of nitrogens with zero attached hydrogens (tertiary/aromatic N) is 3. The Morgan fingerprint density at radius 1 is 1.53 bits per heavy atom. The standard InChI is InChI=1S/C9H14N4O2/c1-4-10-9-8(13(14)15)7(6(2)3)11-5-12-9/h5-6H,4H2,1-3H3,(H,10,11,12). The quantitative estimate of drug-likeness (QED) is 0.606. The van der Waals surface area contributed by atoms with Crippen LogP contribution >= 0.6 is 0 Å². The van der Waals surface area contributed by atoms with E-state index in [9.17, 15) is 10.1 Å². The second-order valence-electron chi connectivity index (χ2n) is 3.40. The summed E-state index contributed by atoms with van der Waals surface area (Å²) in [6, 6.07) is 0. The highest BCUT2D eigenvalue weighted by molar-refractivity contribution is 5.58. The van der Waals surface area contributed by atoms with Gasteiger partial charge in [0.1, 0.15) is 12.0 Å². The van der Waals surface area contributed by atoms with Crippen molar-refractivity contribution in [3.8, 4) is 0 Å². The fourth-order valence-corrected chi connectivity index (χ4v) is 1.29. The first-order valence-electron chi connectivity index (χ1n) is 4.81. The molecule has 15 heavy (non-hydrogen) atoms. The number of hydrogen-bond acceptors (Lipinski definition) is 5. The molecule has 6 heteroatoms. The van der Waals surface area contributed by atoms with Crippen molar-refractivity contribution in [1.82, 2.24) is 9.97 Å². The zero-order valence-corrected chi connectivity index (χ0v) is 9.02. The molecule has 0 aliphatic heterocycles. The van der Waals surface area contributed by atoms with Gasteiger partial charge < -0.3 is 5.32 Å². The van der Waals surface area contributed by atoms with Crippen molar-refractivity contribution >= 4 is 11.5 Å². The van der Waals surface area contributed by atoms with E-state index in [0.29, 0.717) is 18.1 Å². The minimum atomic E-state index is -0.437. The third kappa shape index (κ3) is 2.39. The molecule has 0 radical (unpaired) electrons. The molecule has 0 aliphatic rings. The molecule has 0 saturated heterocycles. The molecule has 0 aromatic carbocycles. The summed E-state index contributed by atoms with van der Waals surface area (Å²) in [5.74, 6) is 0.298. The van der Waals surface area contributed by atoms with E-state index in [-0.39, 0.29) is 11.6 Å². The van der Waals surface area contributed by atoms with E-state index in [1.807, 2.05) is 20.8 Å². The Bertz CT molecular complexity index is 365. The minimum Gasteiger partial charge on any atom is -0.365 e. The lowest BCUT2D eigenvalue weighted by atomic mass is 10.1. The monoisotopic (exact) mass is 210 g/mol. The van der Waals surface area contributed by atoms with Gasteiger partial charge >= 0.3 is 5.69 Å². The SMILES string of the molecule is CCNc1ncnc(C(C)C)c1[N+](=O)[O-]. The summed E-state index contributed by atoms with van der Waals surface area (Å²) in [5, 5.41) is 13.8. The molecule has 1 N–H and O–H groups in total. The van der Waals surface area contributed by atoms with Crippen LogP contribution in [0.5, 0.6) is 0 Å². The van der Waals surface area contributed by atoms with Crippen molar-refractivity contribution in [3.05, 3.63) is 22.1 Å². The molecule has 0 unspecified atom stereocenters. The lowest BCUT2D eigenvalue weighted by molar-refractivity contribution is -0.385. The van der Waals surface area contributed by atoms with Crippen LogP contribution in [0.1, 0.15) is 32.4 Å². The van der Waals surface area contributed by atoms with Gasteiger partial charge in [0, 0.05) is 12.5 Å². The van der Waals surface area contributed by atoms with Crippen LogP contribution in [0.15, 0.2) is 6.33 Å². The Morgan fingerprint density at radius 2 is 2.20 bits per heavy atom. The molecule has 1 aromatic heterocycles. The number of hydrogen-bond donors (Lipinski definition) is 1. The first-order valence-corrected chi connectivity index (χ1v) is 4.81. The first-order chi connectivity index (χ1) is 7.07. The maximum atomic E-state index is 10.9. The lowest BCUT2D eigenvalue weighted by Crippen LogP contribution is -2.08. The normalized spacial score (nSPS) is 10.4. The van der Waals surface area contributed by atoms with E-state index >= 15 is 0 Å². The van der Waals surface area contributed by atoms with Gasteiger partial charge in [0.25, 0.3) is 0 Å². The van der Waals surface area contributed by atoms with E-state index < -0.39 is 4.92 Å². The van der Waals surface area contributed by atoms with Crippen molar-refractivity contribution in [2.24, 2.45) is 0 Å². The molecule has 6 nitrogen and oxygen atoms in total. The number of nitro groups is 1. The van der Waals surface area contributed by atoms with Crippen LogP contribution < -0.4 is 5.32 Å². The molecule has 0 bridgehead atoms. The minimum absolute atomic E-state index is 0.00538. The van der Waals surface area contributed by atoms with Gasteiger partial charge in [-0.3, -0.25) is 10.1 Å². The molecule has 0 atom stereocenters. The average molecular weight is 210 g/mol. The second-order valence-corrected chi connectivity index (χ2v) is 3.40. The van der Waals surface area contributed by atoms with Crippen molar-refractivity contribution in [2.45, 2.75) is 26.7 Å². The van der Waals surface area contributed by atoms with Crippen molar-refractivity contribution in [3.63, 3.8) is 0 Å². The van der Waals surface area contributed by atoms with Gasteiger partial charge in [-0.05, 0) is 6.92 Å². The highest BCUT2D eigenvalue weighted by Gasteiger charge is 2.23. The van der Waals surface area contributed by atoms with E-state index in [1.54, 1.807) is 0 Å². The summed E-state index contributed by atoms with van der Waals surface area (Å²) in [6.07, 6.45) is 1.35. The van der Waals surface area contributed by atoms with Gasteiger partial charge in [0.05, 0.1) is 4.92 Å². The summed E-state index contributed by atoms with van der Waals surface area (Å²) in [4.78, 5) is 18.3. The molecule has 1 aromatic rings. The van der Waals surface area contributed by atoms with Gasteiger partial charge in [-0.15, -0.1) is 0 Å². The zero-order chi connectivity index (χ0) is 11.4. The van der Waals surface area contributed by atoms with Crippen LogP contribution in [-0.4, -0.2) is 21.4 Å². The van der Waals surface area contributed by atoms with Gasteiger partial charge in [-0.1, -0.05) is 13.8 Å². The molecule has 82 valence electrons. The molecule has 0 saturated carbocycles. The maximum absolute atomic E-state index is 10.9. The van der Waals surface area contributed by atoms with Crippen molar-refractivity contribution in [2.75, 3.05) is 11.9 Å². The molecular formula is C9H14N4O2. The zero-order valence-electron chi connectivity index (χ0n) is 9.02. The third-order valence-electron chi connectivity index (χ3n) is 1.92. The Kier molecular flexibility index (Phi) is 3.54. The van der Waals surface area contributed by atoms with Crippen LogP contribution in [0.4, 0.5) is 11.5 Å². The van der Waals surface area contributed by atoms with Crippen LogP contribution in [0.3, 0.4) is 0 Å². The molecule has 0 aliphatic carbocycles. The van der Waals surface area contributed by atoms with Crippen LogP contribution in [-0.2, 0) is 0 Å². The second kappa shape index (κ2) is 4.68. The molecule has 1 heterocycles. The molecule has 1 rings (SSSR count). The van der Waals surface area contributed by atoms with Crippen LogP contribution in [0.2, 0.25) is 0 Å². The maximum Gasteiger partial charge on any atom is 0.332 e. The number of anilines is 1. The summed E-state index contributed by atoms with van der Waals surface area (Å²) >= 11 is 0. The third-order valence-corrected chi connectivity index (χ3v) is 1.92. The largest absolute Gasteiger partial charge is 0.365 e. The Hall–Kier alpha value is -1.72. The topological polar surface area (TPSA) is 81.0 Å². The predicted molar refractivity (Wildman–Crippen MR) is 56.9 cm³/mol. The van der Waals surface area contributed by atoms with Crippen LogP contribution in [0, 0.1) is 10.1 Å². The first kappa shape index (κ1) is 11.4. The van der Waals surface area contributed by atoms with E-state index in [0.717, 1.165) is 0 Å². The van der Waals surface area contributed by atoms with E-state index in [2.05, 4.69) is 15.3 Å². The molecular weight excluding hydrogens is 196 g/mol. The highest BCUT2D eigenvalue weighted by Crippen LogP contribution is 2.29. The fraction of sp³-hybridized carbons (Fsp3) is 0.556. The molecule has 0 amide bonds. The molecule has 0 spiro atoms. The van der Waals surface area contributed by atoms with Crippen molar-refractivity contribution in [1.29, 1.82) is 0 Å². The number of rotatable bonds is 4. The smallest absolute Gasteiger partial charge is 0.332 e. The number of nitrogens with one attached hydrogen (secondary N) is 1. The summed E-state index contributed by atoms with van der Waals surface area (Å²) < 4.78 is 0. The highest BCUT2D eigenvalue weighted by atomic mass is 16.6. The van der Waals surface area contributed by atoms with Gasteiger partial charge in [-0.25, -0.2) is 9.97 Å². The summed E-state index contributed by atoms with van der Waals surface area (Å²) in [5.41, 5.74) is 0.445. The average Bonchev–Trinajstić information content (AvgIpc) is 2.17. The Labute approximate surface area is 87.9 Å². The van der Waals surface area contributed by atoms with E-state index in [1.165, 1.54) is 6.33 Å². The summed E-state index contributed by atoms with van der Waals surface area (Å²) in [7, 11) is 0. The summed E-state index contributed by atoms with van der Waals surface area (Å²) in [6.45, 7) is 6.19. The fourth-order valence-electron chi connectivity index (χ4n) is 1.29. The van der Waals surface area contributed by atoms with Gasteiger partial charge in [-0.2, -0.15) is 0 Å². The van der Waals surface area contributed by atoms with Gasteiger partial charge in [0.2, 0.25) is 5.82 Å². The van der Waals surface area contributed by atoms with Gasteiger partial charge in [0.15, 0.2) is 0 Å². The van der Waals surface area contributed by atoms with E-state index in [4.69, 9.17) is 0 Å². The molecule has 0 fully saturated rings. The predicted octanol–water partition coefficient (Wildman–Crippen LogP) is 1.94. The Balaban J connectivity index is 3.28. The lowest BCUT2D eigenvalue weighted by Gasteiger charge is -2.08. The number of aromatic nitrogens is 2. The van der Waals surface area contributed by atoms with Crippen molar-refractivity contribution < 1.29 is 4.92 Å².